The summed E-state index contributed by atoms with van der Waals surface area (Å²) in [5.41, 5.74) is 4.48. The standard InChI is InChI=1S/C11H16N4OS/c1-7-11(16)14-9-5-8(15(2)6-13-12)3-4-10(9)17-7/h3-5,7,13H,6,12H2,1-2H3,(H,14,16). The molecule has 0 aliphatic carbocycles. The second kappa shape index (κ2) is 4.95. The molecular formula is C11H16N4OS. The van der Waals surface area contributed by atoms with Crippen molar-refractivity contribution in [2.75, 3.05) is 23.9 Å². The summed E-state index contributed by atoms with van der Waals surface area (Å²) in [6.45, 7) is 2.46. The maximum Gasteiger partial charge on any atom is 0.237 e. The lowest BCUT2D eigenvalue weighted by molar-refractivity contribution is -0.115. The summed E-state index contributed by atoms with van der Waals surface area (Å²) in [6.07, 6.45) is 0. The summed E-state index contributed by atoms with van der Waals surface area (Å²) >= 11 is 1.58. The van der Waals surface area contributed by atoms with Crippen molar-refractivity contribution in [1.82, 2.24) is 5.43 Å². The highest BCUT2D eigenvalue weighted by atomic mass is 32.2. The van der Waals surface area contributed by atoms with Crippen LogP contribution in [0, 0.1) is 0 Å². The van der Waals surface area contributed by atoms with E-state index in [0.717, 1.165) is 16.3 Å². The minimum Gasteiger partial charge on any atom is -0.361 e. The Balaban J connectivity index is 2.25. The van der Waals surface area contributed by atoms with Crippen molar-refractivity contribution in [2.24, 2.45) is 5.84 Å². The SMILES string of the molecule is CC1Sc2ccc(N(C)CNN)cc2NC1=O. The molecule has 0 spiro atoms. The molecule has 0 saturated carbocycles. The van der Waals surface area contributed by atoms with Crippen molar-refractivity contribution in [3.8, 4) is 0 Å². The Labute approximate surface area is 105 Å². The fourth-order valence-corrected chi connectivity index (χ4v) is 2.59. The maximum absolute atomic E-state index is 11.6. The molecular weight excluding hydrogens is 236 g/mol. The lowest BCUT2D eigenvalue weighted by Gasteiger charge is -2.24. The molecule has 1 amide bonds. The molecule has 1 aliphatic rings. The van der Waals surface area contributed by atoms with E-state index in [1.807, 2.05) is 37.1 Å². The van der Waals surface area contributed by atoms with E-state index in [9.17, 15) is 4.79 Å². The number of carbonyl (C=O) groups is 1. The molecule has 4 N–H and O–H groups in total. The highest BCUT2D eigenvalue weighted by Crippen LogP contribution is 2.37. The normalized spacial score (nSPS) is 18.5. The average Bonchev–Trinajstić information content (AvgIpc) is 2.30. The largest absolute Gasteiger partial charge is 0.361 e. The maximum atomic E-state index is 11.6. The van der Waals surface area contributed by atoms with Gasteiger partial charge in [-0.3, -0.25) is 10.6 Å². The Morgan fingerprint density at radius 1 is 1.59 bits per heavy atom. The molecule has 0 radical (unpaired) electrons. The number of amides is 1. The molecule has 2 rings (SSSR count). The van der Waals surface area contributed by atoms with Crippen LogP contribution < -0.4 is 21.5 Å². The number of fused-ring (bicyclic) bond motifs is 1. The van der Waals surface area contributed by atoms with Crippen molar-refractivity contribution >= 4 is 29.0 Å². The van der Waals surface area contributed by atoms with Gasteiger partial charge in [-0.2, -0.15) is 0 Å². The van der Waals surface area contributed by atoms with E-state index >= 15 is 0 Å². The molecule has 0 fully saturated rings. The third kappa shape index (κ3) is 2.54. The number of anilines is 2. The number of thioether (sulfide) groups is 1. The number of carbonyl (C=O) groups excluding carboxylic acids is 1. The summed E-state index contributed by atoms with van der Waals surface area (Å²) < 4.78 is 0. The zero-order valence-corrected chi connectivity index (χ0v) is 10.7. The van der Waals surface area contributed by atoms with Crippen LogP contribution in [0.4, 0.5) is 11.4 Å². The van der Waals surface area contributed by atoms with Crippen molar-refractivity contribution < 1.29 is 4.79 Å². The number of hydrazine groups is 1. The monoisotopic (exact) mass is 252 g/mol. The zero-order valence-electron chi connectivity index (χ0n) is 9.86. The van der Waals surface area contributed by atoms with Gasteiger partial charge in [-0.1, -0.05) is 0 Å². The first-order valence-corrected chi connectivity index (χ1v) is 6.26. The van der Waals surface area contributed by atoms with E-state index in [-0.39, 0.29) is 11.2 Å². The molecule has 92 valence electrons. The van der Waals surface area contributed by atoms with Gasteiger partial charge < -0.3 is 10.2 Å². The van der Waals surface area contributed by atoms with E-state index in [2.05, 4.69) is 10.7 Å². The van der Waals surface area contributed by atoms with Crippen LogP contribution in [0.5, 0.6) is 0 Å². The van der Waals surface area contributed by atoms with Gasteiger partial charge in [0.2, 0.25) is 5.91 Å². The minimum atomic E-state index is -0.0308. The van der Waals surface area contributed by atoms with E-state index in [0.29, 0.717) is 6.67 Å². The minimum absolute atomic E-state index is 0.0308. The predicted octanol–water partition coefficient (Wildman–Crippen LogP) is 0.976. The molecule has 6 heteroatoms. The molecule has 0 bridgehead atoms. The van der Waals surface area contributed by atoms with Gasteiger partial charge in [0.05, 0.1) is 17.6 Å². The topological polar surface area (TPSA) is 70.4 Å². The molecule has 5 nitrogen and oxygen atoms in total. The van der Waals surface area contributed by atoms with Crippen LogP contribution in [0.1, 0.15) is 6.92 Å². The van der Waals surface area contributed by atoms with Gasteiger partial charge >= 0.3 is 0 Å². The third-order valence-electron chi connectivity index (χ3n) is 2.66. The zero-order chi connectivity index (χ0) is 12.4. The summed E-state index contributed by atoms with van der Waals surface area (Å²) in [7, 11) is 1.93. The first-order chi connectivity index (χ1) is 8.11. The number of nitrogens with one attached hydrogen (secondary N) is 2. The van der Waals surface area contributed by atoms with E-state index in [1.165, 1.54) is 0 Å². The average molecular weight is 252 g/mol. The van der Waals surface area contributed by atoms with Gasteiger partial charge in [0.25, 0.3) is 0 Å². The lowest BCUT2D eigenvalue weighted by atomic mass is 10.2. The lowest BCUT2D eigenvalue weighted by Crippen LogP contribution is -2.35. The Bertz CT molecular complexity index is 437. The first kappa shape index (κ1) is 12.2. The van der Waals surface area contributed by atoms with Crippen LogP contribution >= 0.6 is 11.8 Å². The third-order valence-corrected chi connectivity index (χ3v) is 3.84. The quantitative estimate of drug-likeness (QED) is 0.425. The molecule has 1 atom stereocenters. The van der Waals surface area contributed by atoms with E-state index in [1.54, 1.807) is 11.8 Å². The molecule has 1 unspecified atom stereocenters. The van der Waals surface area contributed by atoms with Crippen LogP contribution in [0.3, 0.4) is 0 Å². The predicted molar refractivity (Wildman–Crippen MR) is 71.0 cm³/mol. The number of nitrogens with two attached hydrogens (primary N) is 1. The fourth-order valence-electron chi connectivity index (χ4n) is 1.66. The Morgan fingerprint density at radius 2 is 2.35 bits per heavy atom. The van der Waals surface area contributed by atoms with E-state index < -0.39 is 0 Å². The second-order valence-corrected chi connectivity index (χ2v) is 5.37. The molecule has 0 aromatic heterocycles. The number of hydrogen-bond donors (Lipinski definition) is 3. The summed E-state index contributed by atoms with van der Waals surface area (Å²) in [5, 5.41) is 2.88. The number of benzene rings is 1. The van der Waals surface area contributed by atoms with Crippen LogP contribution in [-0.4, -0.2) is 24.9 Å². The number of hydrogen-bond acceptors (Lipinski definition) is 5. The fraction of sp³-hybridized carbons (Fsp3) is 0.364. The van der Waals surface area contributed by atoms with Crippen LogP contribution in [-0.2, 0) is 4.79 Å². The van der Waals surface area contributed by atoms with Gasteiger partial charge in [0.15, 0.2) is 0 Å². The van der Waals surface area contributed by atoms with E-state index in [4.69, 9.17) is 5.84 Å². The van der Waals surface area contributed by atoms with Gasteiger partial charge in [0.1, 0.15) is 0 Å². The molecule has 1 aromatic carbocycles. The van der Waals surface area contributed by atoms with Gasteiger partial charge in [-0.15, -0.1) is 11.8 Å². The molecule has 0 saturated heterocycles. The van der Waals surface area contributed by atoms with Gasteiger partial charge in [-0.25, -0.2) is 5.43 Å². The smallest absolute Gasteiger partial charge is 0.237 e. The van der Waals surface area contributed by atoms with Crippen molar-refractivity contribution in [1.29, 1.82) is 0 Å². The first-order valence-electron chi connectivity index (χ1n) is 5.38. The van der Waals surface area contributed by atoms with Crippen molar-refractivity contribution in [3.63, 3.8) is 0 Å². The van der Waals surface area contributed by atoms with Crippen LogP contribution in [0.2, 0.25) is 0 Å². The highest BCUT2D eigenvalue weighted by Gasteiger charge is 2.23. The van der Waals surface area contributed by atoms with Gasteiger partial charge in [0, 0.05) is 17.6 Å². The Kier molecular flexibility index (Phi) is 3.56. The number of nitrogens with zero attached hydrogens (tertiary/aromatic N) is 1. The van der Waals surface area contributed by atoms with Crippen LogP contribution in [0.25, 0.3) is 0 Å². The van der Waals surface area contributed by atoms with Gasteiger partial charge in [-0.05, 0) is 25.1 Å². The second-order valence-electron chi connectivity index (χ2n) is 3.99. The Morgan fingerprint density at radius 3 is 3.06 bits per heavy atom. The highest BCUT2D eigenvalue weighted by molar-refractivity contribution is 8.00. The molecule has 17 heavy (non-hydrogen) atoms. The van der Waals surface area contributed by atoms with Crippen LogP contribution in [0.15, 0.2) is 23.1 Å². The number of rotatable bonds is 3. The summed E-state index contributed by atoms with van der Waals surface area (Å²) in [4.78, 5) is 14.7. The summed E-state index contributed by atoms with van der Waals surface area (Å²) in [6, 6.07) is 6.01. The summed E-state index contributed by atoms with van der Waals surface area (Å²) in [5.74, 6) is 5.33. The van der Waals surface area contributed by atoms with Crippen molar-refractivity contribution in [3.05, 3.63) is 18.2 Å². The van der Waals surface area contributed by atoms with Crippen molar-refractivity contribution in [2.45, 2.75) is 17.1 Å². The molecule has 1 aromatic rings. The molecule has 1 heterocycles. The molecule has 1 aliphatic heterocycles. The Hall–Kier alpha value is -1.24.